The lowest BCUT2D eigenvalue weighted by atomic mass is 9.83. The molecular formula is C14H19NO. The lowest BCUT2D eigenvalue weighted by Gasteiger charge is -2.34. The predicted molar refractivity (Wildman–Crippen MR) is 65.3 cm³/mol. The van der Waals surface area contributed by atoms with Gasteiger partial charge in [0.25, 0.3) is 0 Å². The van der Waals surface area contributed by atoms with E-state index in [-0.39, 0.29) is 11.5 Å². The van der Waals surface area contributed by atoms with Gasteiger partial charge in [-0.2, -0.15) is 0 Å². The molecule has 1 atom stereocenters. The van der Waals surface area contributed by atoms with E-state index in [1.807, 2.05) is 18.2 Å². The summed E-state index contributed by atoms with van der Waals surface area (Å²) in [7, 11) is 0. The summed E-state index contributed by atoms with van der Waals surface area (Å²) in [5.41, 5.74) is 1.23. The number of rotatable bonds is 2. The number of Topliss-reactive ketones (excluding diaryl/α,β-unsaturated/α-hetero) is 1. The Hall–Kier alpha value is -1.15. The topological polar surface area (TPSA) is 29.1 Å². The lowest BCUT2D eigenvalue weighted by Crippen LogP contribution is -2.51. The Bertz CT molecular complexity index is 370. The number of benzene rings is 1. The third kappa shape index (κ3) is 2.70. The molecule has 1 saturated heterocycles. The molecule has 86 valence electrons. The van der Waals surface area contributed by atoms with Gasteiger partial charge < -0.3 is 5.32 Å². The third-order valence-electron chi connectivity index (χ3n) is 3.22. The van der Waals surface area contributed by atoms with E-state index in [1.54, 1.807) is 0 Å². The highest BCUT2D eigenvalue weighted by molar-refractivity contribution is 5.83. The molecule has 1 heterocycles. The Morgan fingerprint density at radius 2 is 2.00 bits per heavy atom. The molecule has 1 aliphatic rings. The first-order valence-electron chi connectivity index (χ1n) is 5.88. The molecule has 1 aliphatic heterocycles. The fourth-order valence-corrected chi connectivity index (χ4v) is 2.24. The average molecular weight is 217 g/mol. The number of hydrogen-bond acceptors (Lipinski definition) is 2. The summed E-state index contributed by atoms with van der Waals surface area (Å²) in [4.78, 5) is 12.0. The van der Waals surface area contributed by atoms with Gasteiger partial charge in [0, 0.05) is 24.4 Å². The van der Waals surface area contributed by atoms with Crippen molar-refractivity contribution in [3.05, 3.63) is 35.9 Å². The van der Waals surface area contributed by atoms with Crippen LogP contribution in [0.2, 0.25) is 0 Å². The second kappa shape index (κ2) is 4.38. The van der Waals surface area contributed by atoms with Crippen molar-refractivity contribution >= 4 is 5.78 Å². The van der Waals surface area contributed by atoms with Gasteiger partial charge in [-0.15, -0.1) is 0 Å². The fourth-order valence-electron chi connectivity index (χ4n) is 2.24. The summed E-state index contributed by atoms with van der Waals surface area (Å²) >= 11 is 0. The van der Waals surface area contributed by atoms with E-state index in [4.69, 9.17) is 0 Å². The molecule has 0 aliphatic carbocycles. The van der Waals surface area contributed by atoms with Crippen molar-refractivity contribution in [2.75, 3.05) is 6.54 Å². The minimum Gasteiger partial charge on any atom is -0.311 e. The molecule has 2 nitrogen and oxygen atoms in total. The van der Waals surface area contributed by atoms with E-state index >= 15 is 0 Å². The van der Waals surface area contributed by atoms with Crippen LogP contribution in [0.1, 0.15) is 25.8 Å². The summed E-state index contributed by atoms with van der Waals surface area (Å²) in [6, 6.07) is 10.2. The zero-order chi connectivity index (χ0) is 11.6. The zero-order valence-corrected chi connectivity index (χ0v) is 9.99. The number of ketones is 1. The van der Waals surface area contributed by atoms with Crippen LogP contribution >= 0.6 is 0 Å². The first-order valence-corrected chi connectivity index (χ1v) is 5.88. The van der Waals surface area contributed by atoms with E-state index in [0.29, 0.717) is 12.2 Å². The van der Waals surface area contributed by atoms with E-state index in [2.05, 4.69) is 31.3 Å². The lowest BCUT2D eigenvalue weighted by molar-refractivity contribution is -0.126. The third-order valence-corrected chi connectivity index (χ3v) is 3.22. The van der Waals surface area contributed by atoms with Crippen molar-refractivity contribution in [2.24, 2.45) is 5.92 Å². The van der Waals surface area contributed by atoms with Gasteiger partial charge in [-0.25, -0.2) is 0 Å². The summed E-state index contributed by atoms with van der Waals surface area (Å²) in [5, 5.41) is 3.44. The summed E-state index contributed by atoms with van der Waals surface area (Å²) < 4.78 is 0. The number of nitrogens with one attached hydrogen (secondary N) is 1. The largest absolute Gasteiger partial charge is 0.311 e. The minimum atomic E-state index is -0.0235. The quantitative estimate of drug-likeness (QED) is 0.822. The molecule has 0 amide bonds. The summed E-state index contributed by atoms with van der Waals surface area (Å²) in [6.45, 7) is 4.98. The Morgan fingerprint density at radius 3 is 2.62 bits per heavy atom. The van der Waals surface area contributed by atoms with Crippen molar-refractivity contribution in [3.8, 4) is 0 Å². The molecule has 1 aromatic rings. The van der Waals surface area contributed by atoms with Crippen molar-refractivity contribution in [1.82, 2.24) is 5.32 Å². The second-order valence-electron chi connectivity index (χ2n) is 5.29. The maximum Gasteiger partial charge on any atom is 0.139 e. The Kier molecular flexibility index (Phi) is 3.10. The summed E-state index contributed by atoms with van der Waals surface area (Å²) in [6.07, 6.45) is 1.51. The average Bonchev–Trinajstić information content (AvgIpc) is 2.23. The zero-order valence-electron chi connectivity index (χ0n) is 9.99. The van der Waals surface area contributed by atoms with Gasteiger partial charge in [0.05, 0.1) is 0 Å². The summed E-state index contributed by atoms with van der Waals surface area (Å²) in [5.74, 6) is 0.544. The predicted octanol–water partition coefficient (Wildman–Crippen LogP) is 2.19. The molecule has 1 fully saturated rings. The van der Waals surface area contributed by atoms with Gasteiger partial charge in [0.1, 0.15) is 5.78 Å². The van der Waals surface area contributed by atoms with Crippen LogP contribution in [0.15, 0.2) is 30.3 Å². The van der Waals surface area contributed by atoms with Crippen LogP contribution in [0.4, 0.5) is 0 Å². The molecular weight excluding hydrogens is 198 g/mol. The first-order chi connectivity index (χ1) is 7.57. The van der Waals surface area contributed by atoms with Crippen LogP contribution in [-0.2, 0) is 11.2 Å². The molecule has 0 aromatic heterocycles. The monoisotopic (exact) mass is 217 g/mol. The Balaban J connectivity index is 2.00. The van der Waals surface area contributed by atoms with Gasteiger partial charge in [0.2, 0.25) is 0 Å². The van der Waals surface area contributed by atoms with Crippen molar-refractivity contribution in [1.29, 1.82) is 0 Å². The van der Waals surface area contributed by atoms with Crippen LogP contribution in [0.5, 0.6) is 0 Å². The molecule has 16 heavy (non-hydrogen) atoms. The SMILES string of the molecule is CC1(C)CC(=O)C(Cc2ccccc2)CN1. The smallest absolute Gasteiger partial charge is 0.139 e. The molecule has 0 spiro atoms. The van der Waals surface area contributed by atoms with Gasteiger partial charge >= 0.3 is 0 Å². The van der Waals surface area contributed by atoms with E-state index < -0.39 is 0 Å². The molecule has 1 aromatic carbocycles. The van der Waals surface area contributed by atoms with Crippen LogP contribution in [0, 0.1) is 5.92 Å². The van der Waals surface area contributed by atoms with Gasteiger partial charge in [-0.05, 0) is 25.8 Å². The highest BCUT2D eigenvalue weighted by Crippen LogP contribution is 2.21. The normalized spacial score (nSPS) is 24.4. The highest BCUT2D eigenvalue weighted by atomic mass is 16.1. The fraction of sp³-hybridized carbons (Fsp3) is 0.500. The number of hydrogen-bond donors (Lipinski definition) is 1. The van der Waals surface area contributed by atoms with Gasteiger partial charge in [-0.3, -0.25) is 4.79 Å². The maximum atomic E-state index is 12.0. The first kappa shape index (κ1) is 11.3. The van der Waals surface area contributed by atoms with E-state index in [9.17, 15) is 4.79 Å². The Morgan fingerprint density at radius 1 is 1.31 bits per heavy atom. The standard InChI is InChI=1S/C14H19NO/c1-14(2)9-13(16)12(10-15-14)8-11-6-4-3-5-7-11/h3-7,12,15H,8-10H2,1-2H3. The molecule has 0 radical (unpaired) electrons. The Labute approximate surface area is 97.1 Å². The second-order valence-corrected chi connectivity index (χ2v) is 5.29. The number of carbonyl (C=O) groups excluding carboxylic acids is 1. The molecule has 2 rings (SSSR count). The van der Waals surface area contributed by atoms with Crippen molar-refractivity contribution < 1.29 is 4.79 Å². The molecule has 0 bridgehead atoms. The number of piperidine rings is 1. The van der Waals surface area contributed by atoms with Crippen molar-refractivity contribution in [3.63, 3.8) is 0 Å². The van der Waals surface area contributed by atoms with Crippen LogP contribution in [0.25, 0.3) is 0 Å². The molecule has 0 saturated carbocycles. The maximum absolute atomic E-state index is 12.0. The van der Waals surface area contributed by atoms with Crippen LogP contribution in [0.3, 0.4) is 0 Å². The molecule has 2 heteroatoms. The van der Waals surface area contributed by atoms with Crippen LogP contribution < -0.4 is 5.32 Å². The highest BCUT2D eigenvalue weighted by Gasteiger charge is 2.32. The van der Waals surface area contributed by atoms with Gasteiger partial charge in [-0.1, -0.05) is 30.3 Å². The van der Waals surface area contributed by atoms with Crippen molar-refractivity contribution in [2.45, 2.75) is 32.2 Å². The van der Waals surface area contributed by atoms with Gasteiger partial charge in [0.15, 0.2) is 0 Å². The minimum absolute atomic E-state index is 0.0235. The molecule has 1 N–H and O–H groups in total. The van der Waals surface area contributed by atoms with E-state index in [0.717, 1.165) is 13.0 Å². The van der Waals surface area contributed by atoms with E-state index in [1.165, 1.54) is 5.56 Å². The number of carbonyl (C=O) groups is 1. The molecule has 1 unspecified atom stereocenters. The van der Waals surface area contributed by atoms with Crippen LogP contribution in [-0.4, -0.2) is 17.9 Å².